The smallest absolute Gasteiger partial charge is 0.407 e. The zero-order valence-corrected chi connectivity index (χ0v) is 24.7. The molecule has 1 aliphatic heterocycles. The van der Waals surface area contributed by atoms with E-state index in [-0.39, 0.29) is 6.04 Å². The first-order valence-electron chi connectivity index (χ1n) is 14.1. The SMILES string of the molecule is COc1cc2ncnc(Nc3cc(C)c(Oc4ccn5ncnc5c4)cc3OC)c2cc1NC(=O)C=CC1CCCN1C(=O)O. The largest absolute Gasteiger partial charge is 0.494 e. The van der Waals surface area contributed by atoms with Crippen LogP contribution < -0.4 is 24.8 Å². The minimum atomic E-state index is -1.00. The molecule has 3 aromatic heterocycles. The van der Waals surface area contributed by atoms with Crippen molar-refractivity contribution < 1.29 is 28.9 Å². The van der Waals surface area contributed by atoms with Crippen LogP contribution in [0.2, 0.25) is 0 Å². The Labute approximate surface area is 257 Å². The van der Waals surface area contributed by atoms with Crippen LogP contribution in [0.1, 0.15) is 18.4 Å². The highest BCUT2D eigenvalue weighted by atomic mass is 16.5. The minimum absolute atomic E-state index is 0.344. The number of anilines is 3. The average molecular weight is 611 g/mol. The second-order valence-electron chi connectivity index (χ2n) is 10.3. The summed E-state index contributed by atoms with van der Waals surface area (Å²) >= 11 is 0. The molecule has 3 N–H and O–H groups in total. The van der Waals surface area contributed by atoms with Crippen LogP contribution in [0.4, 0.5) is 22.0 Å². The summed E-state index contributed by atoms with van der Waals surface area (Å²) in [7, 11) is 3.06. The zero-order chi connectivity index (χ0) is 31.5. The Balaban J connectivity index is 1.26. The van der Waals surface area contributed by atoms with Crippen LogP contribution in [0.25, 0.3) is 16.6 Å². The number of amides is 2. The van der Waals surface area contributed by atoms with E-state index in [0.29, 0.717) is 69.7 Å². The van der Waals surface area contributed by atoms with Gasteiger partial charge >= 0.3 is 6.09 Å². The van der Waals surface area contributed by atoms with Gasteiger partial charge in [0.1, 0.15) is 41.5 Å². The van der Waals surface area contributed by atoms with Gasteiger partial charge in [-0.25, -0.2) is 24.3 Å². The third kappa shape index (κ3) is 6.11. The molecule has 230 valence electrons. The number of carbonyl (C=O) groups is 2. The van der Waals surface area contributed by atoms with E-state index in [4.69, 9.17) is 14.2 Å². The maximum atomic E-state index is 12.9. The molecule has 2 aromatic carbocycles. The van der Waals surface area contributed by atoms with Gasteiger partial charge in [-0.2, -0.15) is 5.10 Å². The lowest BCUT2D eigenvalue weighted by Crippen LogP contribution is -2.33. The molecule has 14 nitrogen and oxygen atoms in total. The van der Waals surface area contributed by atoms with Crippen molar-refractivity contribution in [3.05, 3.63) is 73.0 Å². The molecule has 1 fully saturated rings. The molecule has 1 saturated heterocycles. The second kappa shape index (κ2) is 12.4. The van der Waals surface area contributed by atoms with Gasteiger partial charge in [-0.15, -0.1) is 0 Å². The van der Waals surface area contributed by atoms with Gasteiger partial charge in [0.25, 0.3) is 0 Å². The lowest BCUT2D eigenvalue weighted by molar-refractivity contribution is -0.112. The third-order valence-electron chi connectivity index (χ3n) is 7.46. The number of fused-ring (bicyclic) bond motifs is 2. The van der Waals surface area contributed by atoms with E-state index in [9.17, 15) is 14.7 Å². The van der Waals surface area contributed by atoms with Crippen LogP contribution in [0, 0.1) is 6.92 Å². The molecule has 1 unspecified atom stereocenters. The number of methoxy groups -OCH3 is 2. The van der Waals surface area contributed by atoms with Crippen molar-refractivity contribution >= 4 is 45.7 Å². The van der Waals surface area contributed by atoms with Crippen LogP contribution >= 0.6 is 0 Å². The standard InChI is InChI=1S/C31H30N8O6/c1-18-11-23(27(44-3)15-25(18)45-20-8-10-39-28(12-20)33-17-35-39)37-30-21-13-24(26(43-2)14-22(21)32-16-34-30)36-29(40)7-6-19-5-4-9-38(19)31(41)42/h6-8,10-17,19H,4-5,9H2,1-3H3,(H,36,40)(H,41,42)(H,32,34,37). The Morgan fingerprint density at radius 1 is 1.00 bits per heavy atom. The lowest BCUT2D eigenvalue weighted by atomic mass is 10.1. The van der Waals surface area contributed by atoms with Crippen molar-refractivity contribution in [2.24, 2.45) is 0 Å². The lowest BCUT2D eigenvalue weighted by Gasteiger charge is -2.18. The number of carbonyl (C=O) groups excluding carboxylic acids is 1. The Kier molecular flexibility index (Phi) is 8.01. The Hall–Kier alpha value is -5.92. The number of hydrogen-bond donors (Lipinski definition) is 3. The molecule has 0 bridgehead atoms. The number of likely N-dealkylation sites (tertiary alicyclic amines) is 1. The monoisotopic (exact) mass is 610 g/mol. The quantitative estimate of drug-likeness (QED) is 0.189. The summed E-state index contributed by atoms with van der Waals surface area (Å²) < 4.78 is 19.0. The highest BCUT2D eigenvalue weighted by Crippen LogP contribution is 2.38. The number of rotatable bonds is 9. The first-order valence-corrected chi connectivity index (χ1v) is 14.1. The molecule has 4 heterocycles. The maximum absolute atomic E-state index is 12.9. The number of nitrogens with zero attached hydrogens (tertiary/aromatic N) is 6. The van der Waals surface area contributed by atoms with E-state index in [1.807, 2.05) is 13.0 Å². The Morgan fingerprint density at radius 2 is 1.82 bits per heavy atom. The molecule has 0 aliphatic carbocycles. The third-order valence-corrected chi connectivity index (χ3v) is 7.46. The summed E-state index contributed by atoms with van der Waals surface area (Å²) in [5.74, 6) is 2.17. The van der Waals surface area contributed by atoms with Gasteiger partial charge in [0.15, 0.2) is 5.65 Å². The number of hydrogen-bond acceptors (Lipinski definition) is 10. The summed E-state index contributed by atoms with van der Waals surface area (Å²) in [6, 6.07) is 10.3. The number of aryl methyl sites for hydroxylation is 1. The van der Waals surface area contributed by atoms with Crippen molar-refractivity contribution in [3.8, 4) is 23.0 Å². The van der Waals surface area contributed by atoms with Crippen LogP contribution in [0.3, 0.4) is 0 Å². The first kappa shape index (κ1) is 29.2. The van der Waals surface area contributed by atoms with Crippen LogP contribution in [-0.4, -0.2) is 73.4 Å². The fraction of sp³-hybridized carbons (Fsp3) is 0.226. The molecular weight excluding hydrogens is 580 g/mol. The summed E-state index contributed by atoms with van der Waals surface area (Å²) in [5.41, 5.74) is 3.12. The van der Waals surface area contributed by atoms with Crippen molar-refractivity contribution in [3.63, 3.8) is 0 Å². The van der Waals surface area contributed by atoms with Gasteiger partial charge in [0, 0.05) is 42.4 Å². The Bertz CT molecular complexity index is 1940. The predicted octanol–water partition coefficient (Wildman–Crippen LogP) is 5.17. The molecule has 2 amide bonds. The molecule has 14 heteroatoms. The van der Waals surface area contributed by atoms with Crippen LogP contribution in [0.5, 0.6) is 23.0 Å². The van der Waals surface area contributed by atoms with E-state index in [0.717, 1.165) is 12.0 Å². The number of nitrogens with one attached hydrogen (secondary N) is 2. The number of pyridine rings is 1. The van der Waals surface area contributed by atoms with Crippen LogP contribution in [0.15, 0.2) is 67.4 Å². The van der Waals surface area contributed by atoms with Gasteiger partial charge < -0.3 is 34.9 Å². The number of aromatic nitrogens is 5. The molecule has 1 atom stereocenters. The second-order valence-corrected chi connectivity index (χ2v) is 10.3. The van der Waals surface area contributed by atoms with Crippen molar-refractivity contribution in [2.75, 3.05) is 31.4 Å². The highest BCUT2D eigenvalue weighted by Gasteiger charge is 2.26. The predicted molar refractivity (Wildman–Crippen MR) is 166 cm³/mol. The van der Waals surface area contributed by atoms with Crippen molar-refractivity contribution in [1.29, 1.82) is 0 Å². The normalized spacial score (nSPS) is 14.6. The molecule has 6 rings (SSSR count). The maximum Gasteiger partial charge on any atom is 0.407 e. The molecule has 5 aromatic rings. The van der Waals surface area contributed by atoms with E-state index in [1.54, 1.807) is 54.2 Å². The Morgan fingerprint density at radius 3 is 2.62 bits per heavy atom. The summed E-state index contributed by atoms with van der Waals surface area (Å²) in [6.45, 7) is 2.36. The summed E-state index contributed by atoms with van der Waals surface area (Å²) in [6.07, 6.45) is 8.03. The fourth-order valence-corrected chi connectivity index (χ4v) is 5.21. The van der Waals surface area contributed by atoms with Gasteiger partial charge in [-0.3, -0.25) is 4.79 Å². The van der Waals surface area contributed by atoms with Gasteiger partial charge in [0.05, 0.1) is 37.2 Å². The topological polar surface area (TPSA) is 165 Å². The fourth-order valence-electron chi connectivity index (χ4n) is 5.21. The molecular formula is C31H30N8O6. The van der Waals surface area contributed by atoms with Gasteiger partial charge in [0.2, 0.25) is 5.91 Å². The minimum Gasteiger partial charge on any atom is -0.494 e. The van der Waals surface area contributed by atoms with Gasteiger partial charge in [-0.05, 0) is 43.5 Å². The molecule has 0 spiro atoms. The van der Waals surface area contributed by atoms with E-state index < -0.39 is 12.0 Å². The first-order chi connectivity index (χ1) is 21.8. The van der Waals surface area contributed by atoms with E-state index in [1.165, 1.54) is 30.7 Å². The molecule has 45 heavy (non-hydrogen) atoms. The van der Waals surface area contributed by atoms with Gasteiger partial charge in [-0.1, -0.05) is 6.08 Å². The molecule has 0 saturated carbocycles. The number of carboxylic acid groups (broad SMARTS) is 1. The summed E-state index contributed by atoms with van der Waals surface area (Å²) in [5, 5.41) is 20.3. The van der Waals surface area contributed by atoms with Crippen molar-refractivity contribution in [2.45, 2.75) is 25.8 Å². The summed E-state index contributed by atoms with van der Waals surface area (Å²) in [4.78, 5) is 38.7. The van der Waals surface area contributed by atoms with E-state index >= 15 is 0 Å². The van der Waals surface area contributed by atoms with Crippen LogP contribution in [-0.2, 0) is 4.79 Å². The molecule has 1 aliphatic rings. The van der Waals surface area contributed by atoms with Crippen molar-refractivity contribution in [1.82, 2.24) is 29.5 Å². The number of benzene rings is 2. The zero-order valence-electron chi connectivity index (χ0n) is 24.7. The number of ether oxygens (including phenoxy) is 3. The highest BCUT2D eigenvalue weighted by molar-refractivity contribution is 6.03. The molecule has 0 radical (unpaired) electrons. The average Bonchev–Trinajstić information content (AvgIpc) is 3.71. The van der Waals surface area contributed by atoms with E-state index in [2.05, 4.69) is 30.7 Å².